The Morgan fingerprint density at radius 3 is 2.67 bits per heavy atom. The van der Waals surface area contributed by atoms with Gasteiger partial charge in [-0.05, 0) is 43.5 Å². The lowest BCUT2D eigenvalue weighted by atomic mass is 9.96. The van der Waals surface area contributed by atoms with E-state index in [4.69, 9.17) is 17.3 Å². The van der Waals surface area contributed by atoms with E-state index in [1.807, 2.05) is 30.3 Å². The number of rotatable bonds is 7. The minimum atomic E-state index is -0.541. The summed E-state index contributed by atoms with van der Waals surface area (Å²) in [4.78, 5) is 17.6. The molecule has 2 aromatic rings. The van der Waals surface area contributed by atoms with Crippen LogP contribution in [0.3, 0.4) is 0 Å². The Morgan fingerprint density at radius 1 is 1.33 bits per heavy atom. The Hall–Kier alpha value is -2.15. The molecular formula is C20H25ClN4O2. The maximum absolute atomic E-state index is 11.1. The first-order valence-corrected chi connectivity index (χ1v) is 9.55. The summed E-state index contributed by atoms with van der Waals surface area (Å²) in [6, 6.07) is 11.3. The first kappa shape index (κ1) is 19.6. The Morgan fingerprint density at radius 2 is 2.04 bits per heavy atom. The third-order valence-corrected chi connectivity index (χ3v) is 5.29. The number of hydrogen-bond acceptors (Lipinski definition) is 5. The zero-order chi connectivity index (χ0) is 19.2. The number of anilines is 1. The van der Waals surface area contributed by atoms with Crippen molar-refractivity contribution in [3.05, 3.63) is 58.7 Å². The van der Waals surface area contributed by atoms with Gasteiger partial charge in [0.1, 0.15) is 5.82 Å². The van der Waals surface area contributed by atoms with Crippen molar-refractivity contribution < 1.29 is 9.90 Å². The second kappa shape index (κ2) is 9.17. The molecule has 1 aliphatic heterocycles. The van der Waals surface area contributed by atoms with Crippen LogP contribution in [0.25, 0.3) is 0 Å². The molecule has 0 saturated carbocycles. The van der Waals surface area contributed by atoms with Crippen molar-refractivity contribution in [2.24, 2.45) is 11.7 Å². The Labute approximate surface area is 164 Å². The predicted octanol–water partition coefficient (Wildman–Crippen LogP) is 2.69. The summed E-state index contributed by atoms with van der Waals surface area (Å²) in [7, 11) is 0. The zero-order valence-corrected chi connectivity index (χ0v) is 15.9. The number of hydrogen-bond donors (Lipinski definition) is 3. The second-order valence-electron chi connectivity index (χ2n) is 6.97. The van der Waals surface area contributed by atoms with Crippen molar-refractivity contribution in [3.63, 3.8) is 0 Å². The van der Waals surface area contributed by atoms with Crippen LogP contribution >= 0.6 is 11.6 Å². The van der Waals surface area contributed by atoms with Crippen LogP contribution in [0.4, 0.5) is 5.82 Å². The molecule has 7 heteroatoms. The number of aliphatic hydroxyl groups excluding tert-OH is 1. The van der Waals surface area contributed by atoms with Gasteiger partial charge in [-0.1, -0.05) is 41.9 Å². The molecule has 2 heterocycles. The molecule has 1 aromatic carbocycles. The van der Waals surface area contributed by atoms with Crippen LogP contribution in [0, 0.1) is 5.92 Å². The van der Waals surface area contributed by atoms with Crippen LogP contribution in [-0.4, -0.2) is 47.1 Å². The monoisotopic (exact) mass is 388 g/mol. The van der Waals surface area contributed by atoms with Crippen molar-refractivity contribution in [2.75, 3.05) is 31.5 Å². The normalized spacial score (nSPS) is 16.8. The summed E-state index contributed by atoms with van der Waals surface area (Å²) >= 11 is 6.16. The van der Waals surface area contributed by atoms with Crippen molar-refractivity contribution in [1.29, 1.82) is 0 Å². The number of piperidine rings is 1. The third kappa shape index (κ3) is 5.42. The molecule has 1 aromatic heterocycles. The van der Waals surface area contributed by atoms with Gasteiger partial charge in [0.2, 0.25) is 5.91 Å². The molecule has 6 nitrogen and oxygen atoms in total. The highest BCUT2D eigenvalue weighted by atomic mass is 35.5. The summed E-state index contributed by atoms with van der Waals surface area (Å²) in [6.07, 6.45) is 3.08. The zero-order valence-electron chi connectivity index (χ0n) is 15.1. The van der Waals surface area contributed by atoms with Crippen LogP contribution in [0.1, 0.15) is 34.9 Å². The van der Waals surface area contributed by atoms with Gasteiger partial charge >= 0.3 is 0 Å². The molecule has 4 N–H and O–H groups in total. The van der Waals surface area contributed by atoms with Gasteiger partial charge in [-0.2, -0.15) is 0 Å². The molecule has 144 valence electrons. The summed E-state index contributed by atoms with van der Waals surface area (Å²) in [5.74, 6) is 0.549. The third-order valence-electron chi connectivity index (χ3n) is 5.01. The Kier molecular flexibility index (Phi) is 6.66. The number of carbonyl (C=O) groups excluding carboxylic acids is 1. The van der Waals surface area contributed by atoms with E-state index in [2.05, 4.69) is 15.2 Å². The molecule has 1 amide bonds. The smallest absolute Gasteiger partial charge is 0.250 e. The Balaban J connectivity index is 1.44. The highest BCUT2D eigenvalue weighted by Crippen LogP contribution is 2.24. The molecule has 1 atom stereocenters. The van der Waals surface area contributed by atoms with E-state index in [1.54, 1.807) is 0 Å². The fourth-order valence-electron chi connectivity index (χ4n) is 3.34. The van der Waals surface area contributed by atoms with Crippen LogP contribution < -0.4 is 11.1 Å². The van der Waals surface area contributed by atoms with Crippen molar-refractivity contribution in [3.8, 4) is 0 Å². The van der Waals surface area contributed by atoms with Gasteiger partial charge in [0, 0.05) is 19.3 Å². The quantitative estimate of drug-likeness (QED) is 0.678. The SMILES string of the molecule is NC(=O)c1cnc(NCC2CCN(CC(O)c3ccccc3)CC2)c(Cl)c1. The topological polar surface area (TPSA) is 91.5 Å². The maximum Gasteiger partial charge on any atom is 0.250 e. The molecule has 1 aliphatic rings. The summed E-state index contributed by atoms with van der Waals surface area (Å²) < 4.78 is 0. The number of likely N-dealkylation sites (tertiary alicyclic amines) is 1. The highest BCUT2D eigenvalue weighted by molar-refractivity contribution is 6.33. The number of β-amino-alcohol motifs (C(OH)–C–C–N with tert-alkyl or cyclic N) is 1. The summed E-state index contributed by atoms with van der Waals surface area (Å²) in [6.45, 7) is 3.35. The van der Waals surface area contributed by atoms with E-state index in [0.717, 1.165) is 38.0 Å². The molecule has 1 unspecified atom stereocenters. The number of halogens is 1. The van der Waals surface area contributed by atoms with Gasteiger partial charge in [-0.15, -0.1) is 0 Å². The minimum Gasteiger partial charge on any atom is -0.387 e. The molecule has 3 rings (SSSR count). The van der Waals surface area contributed by atoms with E-state index in [9.17, 15) is 9.90 Å². The minimum absolute atomic E-state index is 0.302. The average Bonchev–Trinajstić information content (AvgIpc) is 2.68. The number of nitrogens with one attached hydrogen (secondary N) is 1. The van der Waals surface area contributed by atoms with E-state index in [0.29, 0.717) is 28.9 Å². The first-order chi connectivity index (χ1) is 13.0. The van der Waals surface area contributed by atoms with Crippen LogP contribution in [0.2, 0.25) is 5.02 Å². The number of primary amides is 1. The van der Waals surface area contributed by atoms with Crippen molar-refractivity contribution in [1.82, 2.24) is 9.88 Å². The second-order valence-corrected chi connectivity index (χ2v) is 7.38. The number of carbonyl (C=O) groups is 1. The largest absolute Gasteiger partial charge is 0.387 e. The number of aromatic nitrogens is 1. The van der Waals surface area contributed by atoms with Gasteiger partial charge in [0.05, 0.1) is 16.7 Å². The van der Waals surface area contributed by atoms with E-state index in [-0.39, 0.29) is 0 Å². The van der Waals surface area contributed by atoms with E-state index < -0.39 is 12.0 Å². The average molecular weight is 389 g/mol. The molecular weight excluding hydrogens is 364 g/mol. The van der Waals surface area contributed by atoms with E-state index in [1.165, 1.54) is 12.3 Å². The molecule has 0 bridgehead atoms. The van der Waals surface area contributed by atoms with Crippen LogP contribution in [0.15, 0.2) is 42.6 Å². The van der Waals surface area contributed by atoms with Gasteiger partial charge in [-0.3, -0.25) is 4.79 Å². The fourth-order valence-corrected chi connectivity index (χ4v) is 3.58. The number of aliphatic hydroxyl groups is 1. The van der Waals surface area contributed by atoms with Crippen LogP contribution in [0.5, 0.6) is 0 Å². The van der Waals surface area contributed by atoms with Gasteiger partial charge < -0.3 is 21.1 Å². The lowest BCUT2D eigenvalue weighted by Crippen LogP contribution is -2.38. The summed E-state index contributed by atoms with van der Waals surface area (Å²) in [5.41, 5.74) is 6.49. The number of benzene rings is 1. The number of nitrogens with two attached hydrogens (primary N) is 1. The highest BCUT2D eigenvalue weighted by Gasteiger charge is 2.21. The molecule has 1 fully saturated rings. The Bertz CT molecular complexity index is 764. The van der Waals surface area contributed by atoms with Gasteiger partial charge in [-0.25, -0.2) is 4.98 Å². The van der Waals surface area contributed by atoms with Gasteiger partial charge in [0.15, 0.2) is 0 Å². The number of nitrogens with zero attached hydrogens (tertiary/aromatic N) is 2. The standard InChI is InChI=1S/C20H25ClN4O2/c21-17-10-16(19(22)27)12-24-20(17)23-11-14-6-8-25(9-7-14)13-18(26)15-4-2-1-3-5-15/h1-5,10,12,14,18,26H,6-9,11,13H2,(H2,22,27)(H,23,24). The number of pyridine rings is 1. The lowest BCUT2D eigenvalue weighted by Gasteiger charge is -2.33. The molecule has 1 saturated heterocycles. The maximum atomic E-state index is 11.1. The molecule has 0 spiro atoms. The van der Waals surface area contributed by atoms with Crippen molar-refractivity contribution >= 4 is 23.3 Å². The fraction of sp³-hybridized carbons (Fsp3) is 0.400. The first-order valence-electron chi connectivity index (χ1n) is 9.17. The van der Waals surface area contributed by atoms with Gasteiger partial charge in [0.25, 0.3) is 0 Å². The molecule has 27 heavy (non-hydrogen) atoms. The van der Waals surface area contributed by atoms with E-state index >= 15 is 0 Å². The summed E-state index contributed by atoms with van der Waals surface area (Å²) in [5, 5.41) is 14.0. The van der Waals surface area contributed by atoms with Crippen molar-refractivity contribution in [2.45, 2.75) is 18.9 Å². The molecule has 0 radical (unpaired) electrons. The predicted molar refractivity (Wildman–Crippen MR) is 107 cm³/mol. The number of amides is 1. The molecule has 0 aliphatic carbocycles. The lowest BCUT2D eigenvalue weighted by molar-refractivity contribution is 0.0909. The van der Waals surface area contributed by atoms with Crippen LogP contribution in [-0.2, 0) is 0 Å².